The van der Waals surface area contributed by atoms with Crippen LogP contribution in [0.4, 0.5) is 11.6 Å². The van der Waals surface area contributed by atoms with Crippen molar-refractivity contribution in [3.63, 3.8) is 0 Å². The molecular formula is C27H25BrN6O2. The van der Waals surface area contributed by atoms with E-state index in [4.69, 9.17) is 4.74 Å². The zero-order valence-electron chi connectivity index (χ0n) is 20.1. The number of benzene rings is 3. The first-order valence-electron chi connectivity index (χ1n) is 11.5. The quantitative estimate of drug-likeness (QED) is 0.330. The number of hydrogen-bond acceptors (Lipinski definition) is 6. The molecule has 3 aromatic carbocycles. The molecule has 9 heteroatoms. The fourth-order valence-electron chi connectivity index (χ4n) is 4.21. The van der Waals surface area contributed by atoms with Crippen molar-refractivity contribution < 1.29 is 9.53 Å². The Bertz CT molecular complexity index is 1460. The van der Waals surface area contributed by atoms with Gasteiger partial charge in [0.25, 0.3) is 5.91 Å². The van der Waals surface area contributed by atoms with Crippen molar-refractivity contribution >= 4 is 33.5 Å². The van der Waals surface area contributed by atoms with E-state index in [0.29, 0.717) is 29.6 Å². The van der Waals surface area contributed by atoms with Crippen LogP contribution in [-0.2, 0) is 11.4 Å². The SMILES string of the molecule is CC1=C(C(=O)Nc2ccccc2C)C(c2cc(Br)ccc2OCc2ccc(C)cc2)n2nnnc2N1. The molecule has 1 aromatic heterocycles. The van der Waals surface area contributed by atoms with Crippen LogP contribution in [0, 0.1) is 13.8 Å². The maximum Gasteiger partial charge on any atom is 0.255 e. The second-order valence-electron chi connectivity index (χ2n) is 8.74. The summed E-state index contributed by atoms with van der Waals surface area (Å²) in [5, 5.41) is 18.4. The first-order chi connectivity index (χ1) is 17.4. The summed E-state index contributed by atoms with van der Waals surface area (Å²) < 4.78 is 8.75. The number of hydrogen-bond donors (Lipinski definition) is 2. The van der Waals surface area contributed by atoms with E-state index < -0.39 is 6.04 Å². The predicted molar refractivity (Wildman–Crippen MR) is 142 cm³/mol. The summed E-state index contributed by atoms with van der Waals surface area (Å²) in [6, 6.07) is 21.0. The zero-order valence-corrected chi connectivity index (χ0v) is 21.7. The minimum atomic E-state index is -0.606. The summed E-state index contributed by atoms with van der Waals surface area (Å²) in [5.41, 5.74) is 5.88. The number of aromatic nitrogens is 4. The van der Waals surface area contributed by atoms with Gasteiger partial charge in [-0.2, -0.15) is 4.68 Å². The maximum atomic E-state index is 13.7. The first kappa shape index (κ1) is 23.7. The van der Waals surface area contributed by atoms with Crippen LogP contribution in [0.1, 0.15) is 35.2 Å². The fourth-order valence-corrected chi connectivity index (χ4v) is 4.59. The molecule has 2 N–H and O–H groups in total. The van der Waals surface area contributed by atoms with Crippen molar-refractivity contribution in [3.05, 3.63) is 105 Å². The fraction of sp³-hybridized carbons (Fsp3) is 0.185. The van der Waals surface area contributed by atoms with Gasteiger partial charge in [-0.3, -0.25) is 4.79 Å². The van der Waals surface area contributed by atoms with Crippen molar-refractivity contribution in [2.45, 2.75) is 33.4 Å². The van der Waals surface area contributed by atoms with E-state index in [0.717, 1.165) is 26.9 Å². The van der Waals surface area contributed by atoms with Gasteiger partial charge in [-0.15, -0.1) is 0 Å². The third-order valence-corrected chi connectivity index (χ3v) is 6.63. The summed E-state index contributed by atoms with van der Waals surface area (Å²) in [6.45, 7) is 6.24. The molecule has 0 radical (unpaired) electrons. The van der Waals surface area contributed by atoms with Gasteiger partial charge in [0.05, 0.1) is 5.57 Å². The molecule has 0 aliphatic carbocycles. The lowest BCUT2D eigenvalue weighted by atomic mass is 9.94. The van der Waals surface area contributed by atoms with Crippen LogP contribution >= 0.6 is 15.9 Å². The minimum Gasteiger partial charge on any atom is -0.489 e. The molecule has 1 aliphatic rings. The Morgan fingerprint density at radius 1 is 1.08 bits per heavy atom. The molecule has 4 aromatic rings. The van der Waals surface area contributed by atoms with E-state index in [-0.39, 0.29) is 5.91 Å². The Hall–Kier alpha value is -3.98. The number of aryl methyl sites for hydroxylation is 2. The van der Waals surface area contributed by atoms with Crippen LogP contribution < -0.4 is 15.4 Å². The summed E-state index contributed by atoms with van der Waals surface area (Å²) in [7, 11) is 0. The van der Waals surface area contributed by atoms with Crippen molar-refractivity contribution in [1.82, 2.24) is 20.2 Å². The van der Waals surface area contributed by atoms with E-state index in [9.17, 15) is 4.79 Å². The van der Waals surface area contributed by atoms with Crippen LogP contribution in [0.5, 0.6) is 5.75 Å². The number of ether oxygens (including phenoxy) is 1. The number of halogens is 1. The number of allylic oxidation sites excluding steroid dienone is 1. The number of rotatable bonds is 6. The number of nitrogens with zero attached hydrogens (tertiary/aromatic N) is 4. The predicted octanol–water partition coefficient (Wildman–Crippen LogP) is 5.56. The summed E-state index contributed by atoms with van der Waals surface area (Å²) in [6.07, 6.45) is 0. The minimum absolute atomic E-state index is 0.245. The third kappa shape index (κ3) is 4.74. The van der Waals surface area contributed by atoms with Gasteiger partial charge in [-0.05, 0) is 66.6 Å². The van der Waals surface area contributed by atoms with Gasteiger partial charge < -0.3 is 15.4 Å². The first-order valence-corrected chi connectivity index (χ1v) is 12.3. The van der Waals surface area contributed by atoms with Crippen molar-refractivity contribution in [2.24, 2.45) is 0 Å². The molecule has 0 bridgehead atoms. The molecule has 1 amide bonds. The van der Waals surface area contributed by atoms with Crippen molar-refractivity contribution in [1.29, 1.82) is 0 Å². The van der Waals surface area contributed by atoms with Gasteiger partial charge in [0.15, 0.2) is 0 Å². The van der Waals surface area contributed by atoms with Gasteiger partial charge in [0.1, 0.15) is 18.4 Å². The van der Waals surface area contributed by atoms with Crippen LogP contribution in [0.2, 0.25) is 0 Å². The number of amides is 1. The Labute approximate surface area is 217 Å². The molecule has 182 valence electrons. The monoisotopic (exact) mass is 544 g/mol. The van der Waals surface area contributed by atoms with E-state index >= 15 is 0 Å². The van der Waals surface area contributed by atoms with Crippen molar-refractivity contribution in [2.75, 3.05) is 10.6 Å². The summed E-state index contributed by atoms with van der Waals surface area (Å²) in [4.78, 5) is 13.7. The second-order valence-corrected chi connectivity index (χ2v) is 9.65. The topological polar surface area (TPSA) is 94.0 Å². The summed E-state index contributed by atoms with van der Waals surface area (Å²) in [5.74, 6) is 0.848. The number of anilines is 2. The largest absolute Gasteiger partial charge is 0.489 e. The highest BCUT2D eigenvalue weighted by Crippen LogP contribution is 2.40. The van der Waals surface area contributed by atoms with E-state index in [1.54, 1.807) is 4.68 Å². The van der Waals surface area contributed by atoms with Gasteiger partial charge in [0, 0.05) is 21.4 Å². The molecule has 1 aliphatic heterocycles. The van der Waals surface area contributed by atoms with Crippen LogP contribution in [0.25, 0.3) is 0 Å². The van der Waals surface area contributed by atoms with Crippen LogP contribution in [0.3, 0.4) is 0 Å². The normalized spacial score (nSPS) is 14.7. The molecule has 0 saturated carbocycles. The molecule has 0 fully saturated rings. The lowest BCUT2D eigenvalue weighted by Crippen LogP contribution is -2.32. The van der Waals surface area contributed by atoms with Gasteiger partial charge in [0.2, 0.25) is 5.95 Å². The molecule has 5 rings (SSSR count). The van der Waals surface area contributed by atoms with Crippen molar-refractivity contribution in [3.8, 4) is 5.75 Å². The zero-order chi connectivity index (χ0) is 25.2. The highest BCUT2D eigenvalue weighted by Gasteiger charge is 2.36. The molecule has 0 spiro atoms. The molecule has 1 atom stereocenters. The summed E-state index contributed by atoms with van der Waals surface area (Å²) >= 11 is 3.58. The Morgan fingerprint density at radius 2 is 1.86 bits per heavy atom. The average Bonchev–Trinajstić information content (AvgIpc) is 3.33. The molecule has 2 heterocycles. The van der Waals surface area contributed by atoms with Crippen LogP contribution in [0.15, 0.2) is 82.5 Å². The number of carbonyl (C=O) groups excluding carboxylic acids is 1. The highest BCUT2D eigenvalue weighted by molar-refractivity contribution is 9.10. The number of para-hydroxylation sites is 1. The smallest absolute Gasteiger partial charge is 0.255 e. The van der Waals surface area contributed by atoms with Crippen LogP contribution in [-0.4, -0.2) is 26.1 Å². The average molecular weight is 545 g/mol. The second kappa shape index (κ2) is 9.94. The van der Waals surface area contributed by atoms with E-state index in [1.165, 1.54) is 5.56 Å². The van der Waals surface area contributed by atoms with E-state index in [1.807, 2.05) is 68.4 Å². The molecule has 0 saturated heterocycles. The lowest BCUT2D eigenvalue weighted by molar-refractivity contribution is -0.113. The maximum absolute atomic E-state index is 13.7. The molecule has 1 unspecified atom stereocenters. The Balaban J connectivity index is 1.55. The van der Waals surface area contributed by atoms with E-state index in [2.05, 4.69) is 61.1 Å². The third-order valence-electron chi connectivity index (χ3n) is 6.13. The number of nitrogens with one attached hydrogen (secondary N) is 2. The Kier molecular flexibility index (Phi) is 6.56. The molecule has 36 heavy (non-hydrogen) atoms. The van der Waals surface area contributed by atoms with Gasteiger partial charge in [-0.1, -0.05) is 69.1 Å². The lowest BCUT2D eigenvalue weighted by Gasteiger charge is -2.29. The van der Waals surface area contributed by atoms with Gasteiger partial charge >= 0.3 is 0 Å². The number of carbonyl (C=O) groups is 1. The molecule has 8 nitrogen and oxygen atoms in total. The number of fused-ring (bicyclic) bond motifs is 1. The number of tetrazole rings is 1. The molecular weight excluding hydrogens is 520 g/mol. The van der Waals surface area contributed by atoms with Gasteiger partial charge in [-0.25, -0.2) is 0 Å². The highest BCUT2D eigenvalue weighted by atomic mass is 79.9. The Morgan fingerprint density at radius 3 is 2.64 bits per heavy atom. The standard InChI is InChI=1S/C27H25BrN6O2/c1-16-8-10-19(11-9-16)15-36-23-13-12-20(28)14-21(23)25-24(18(3)29-27-31-32-33-34(25)27)26(35)30-22-7-5-4-6-17(22)2/h4-14,25H,15H2,1-3H3,(H,30,35)(H,29,31,33).